The number of fused-ring (bicyclic) bond motifs is 10. The van der Waals surface area contributed by atoms with Crippen LogP contribution in [-0.2, 0) is 0 Å². The molecule has 0 spiro atoms. The zero-order valence-corrected chi connectivity index (χ0v) is 33.3. The Morgan fingerprint density at radius 2 is 0.633 bits per heavy atom. The van der Waals surface area contributed by atoms with Crippen LogP contribution in [0.5, 0.6) is 0 Å². The summed E-state index contributed by atoms with van der Waals surface area (Å²) in [7, 11) is 0. The average Bonchev–Trinajstić information content (AvgIpc) is 3.87. The first kappa shape index (κ1) is 33.5. The molecule has 2 heterocycles. The van der Waals surface area contributed by atoms with Gasteiger partial charge in [0.25, 0.3) is 0 Å². The van der Waals surface area contributed by atoms with Gasteiger partial charge in [0.05, 0.1) is 0 Å². The molecule has 0 aliphatic rings. The lowest BCUT2D eigenvalue weighted by Gasteiger charge is -2.18. The molecule has 0 atom stereocenters. The lowest BCUT2D eigenvalue weighted by molar-refractivity contribution is 0.669. The van der Waals surface area contributed by atoms with Gasteiger partial charge in [0.1, 0.15) is 11.2 Å². The van der Waals surface area contributed by atoms with Gasteiger partial charge < -0.3 is 4.42 Å². The first-order valence-corrected chi connectivity index (χ1v) is 21.4. The summed E-state index contributed by atoms with van der Waals surface area (Å²) in [5.41, 5.74) is 11.6. The molecule has 0 bridgehead atoms. The van der Waals surface area contributed by atoms with Gasteiger partial charge in [-0.2, -0.15) is 0 Å². The van der Waals surface area contributed by atoms with Gasteiger partial charge in [-0.25, -0.2) is 0 Å². The molecule has 13 aromatic rings. The van der Waals surface area contributed by atoms with E-state index in [2.05, 4.69) is 206 Å². The minimum Gasteiger partial charge on any atom is -0.456 e. The molecule has 2 aromatic heterocycles. The van der Waals surface area contributed by atoms with Crippen molar-refractivity contribution in [1.82, 2.24) is 0 Å². The molecule has 0 unspecified atom stereocenters. The Bertz CT molecular complexity index is 3770. The van der Waals surface area contributed by atoms with Crippen molar-refractivity contribution in [2.45, 2.75) is 0 Å². The summed E-state index contributed by atoms with van der Waals surface area (Å²) < 4.78 is 9.39. The van der Waals surface area contributed by atoms with E-state index in [-0.39, 0.29) is 0 Å². The molecule has 13 rings (SSSR count). The van der Waals surface area contributed by atoms with Crippen molar-refractivity contribution in [3.8, 4) is 44.5 Å². The van der Waals surface area contributed by atoms with Gasteiger partial charge in [-0.3, -0.25) is 0 Å². The lowest BCUT2D eigenvalue weighted by atomic mass is 9.85. The summed E-state index contributed by atoms with van der Waals surface area (Å²) in [5.74, 6) is 0. The Balaban J connectivity index is 0.999. The summed E-state index contributed by atoms with van der Waals surface area (Å²) >= 11 is 1.87. The van der Waals surface area contributed by atoms with E-state index >= 15 is 0 Å². The van der Waals surface area contributed by atoms with Crippen LogP contribution in [0.25, 0.3) is 130 Å². The Labute approximate surface area is 350 Å². The van der Waals surface area contributed by atoms with Gasteiger partial charge in [0, 0.05) is 30.9 Å². The van der Waals surface area contributed by atoms with Crippen molar-refractivity contribution in [1.29, 1.82) is 0 Å². The Morgan fingerprint density at radius 1 is 0.233 bits per heavy atom. The molecule has 0 fully saturated rings. The van der Waals surface area contributed by atoms with Crippen LogP contribution in [0.3, 0.4) is 0 Å². The minimum atomic E-state index is 0.890. The molecule has 0 aliphatic heterocycles. The second-order valence-corrected chi connectivity index (χ2v) is 17.0. The van der Waals surface area contributed by atoms with Gasteiger partial charge in [0.2, 0.25) is 0 Å². The van der Waals surface area contributed by atoms with E-state index in [1.54, 1.807) is 0 Å². The smallest absolute Gasteiger partial charge is 0.136 e. The molecule has 1 nitrogen and oxygen atoms in total. The molecule has 0 saturated carbocycles. The normalized spacial score (nSPS) is 12.0. The Kier molecular flexibility index (Phi) is 7.24. The van der Waals surface area contributed by atoms with Gasteiger partial charge >= 0.3 is 0 Å². The van der Waals surface area contributed by atoms with Crippen LogP contribution in [-0.4, -0.2) is 0 Å². The predicted octanol–water partition coefficient (Wildman–Crippen LogP) is 17.2. The maximum absolute atomic E-state index is 6.74. The van der Waals surface area contributed by atoms with Gasteiger partial charge in [-0.15, -0.1) is 11.3 Å². The zero-order valence-electron chi connectivity index (χ0n) is 32.4. The van der Waals surface area contributed by atoms with Crippen LogP contribution in [0.15, 0.2) is 211 Å². The highest BCUT2D eigenvalue weighted by atomic mass is 32.1. The van der Waals surface area contributed by atoms with E-state index in [0.29, 0.717) is 0 Å². The fourth-order valence-corrected chi connectivity index (χ4v) is 11.2. The molecule has 0 N–H and O–H groups in total. The van der Waals surface area contributed by atoms with E-state index in [0.717, 1.165) is 27.5 Å². The molecule has 60 heavy (non-hydrogen) atoms. The molecular formula is C58H34OS. The maximum Gasteiger partial charge on any atom is 0.136 e. The van der Waals surface area contributed by atoms with Gasteiger partial charge in [0.15, 0.2) is 0 Å². The van der Waals surface area contributed by atoms with Crippen molar-refractivity contribution in [3.63, 3.8) is 0 Å². The number of rotatable bonds is 4. The van der Waals surface area contributed by atoms with Crippen molar-refractivity contribution < 1.29 is 4.42 Å². The lowest BCUT2D eigenvalue weighted by Crippen LogP contribution is -1.91. The third kappa shape index (κ3) is 4.92. The second kappa shape index (κ2) is 13.0. The highest BCUT2D eigenvalue weighted by Gasteiger charge is 2.21. The first-order valence-electron chi connectivity index (χ1n) is 20.6. The first-order chi connectivity index (χ1) is 29.8. The van der Waals surface area contributed by atoms with Crippen LogP contribution < -0.4 is 0 Å². The van der Waals surface area contributed by atoms with Crippen molar-refractivity contribution in [2.75, 3.05) is 0 Å². The van der Waals surface area contributed by atoms with E-state index in [1.165, 1.54) is 102 Å². The fourth-order valence-electron chi connectivity index (χ4n) is 10.1. The Morgan fingerprint density at radius 3 is 1.18 bits per heavy atom. The van der Waals surface area contributed by atoms with Crippen molar-refractivity contribution >= 4 is 96.5 Å². The number of thiophene rings is 1. The molecule has 0 radical (unpaired) electrons. The predicted molar refractivity (Wildman–Crippen MR) is 258 cm³/mol. The molecule has 0 amide bonds. The van der Waals surface area contributed by atoms with E-state index < -0.39 is 0 Å². The number of furan rings is 1. The standard InChI is InChI=1S/C58H34OS/c1-2-14-35(15-3-1)55-41-17-4-6-19-43(41)56(44-20-7-5-18-42(44)55)36-27-30-51-49(32-36)39-29-26-38(34-52(39)59-51)58-47-23-10-8-21-45(47)57(46-22-9-11-24-48(46)58)37-28-31-54-50(33-37)40-16-12-13-25-53(40)60-54/h1-34H. The SMILES string of the molecule is c1ccc(-c2c3ccccc3c(-c3ccc4oc5cc(-c6c7ccccc7c(-c7ccc8sc9ccccc9c8c7)c7ccccc67)ccc5c4c3)c3ccccc23)cc1. The van der Waals surface area contributed by atoms with Crippen molar-refractivity contribution in [3.05, 3.63) is 206 Å². The minimum absolute atomic E-state index is 0.890. The number of hydrogen-bond donors (Lipinski definition) is 0. The summed E-state index contributed by atoms with van der Waals surface area (Å²) in [6.07, 6.45) is 0. The fraction of sp³-hybridized carbons (Fsp3) is 0. The van der Waals surface area contributed by atoms with E-state index in [9.17, 15) is 0 Å². The topological polar surface area (TPSA) is 13.1 Å². The number of hydrogen-bond acceptors (Lipinski definition) is 2. The third-order valence-corrected chi connectivity index (χ3v) is 13.8. The van der Waals surface area contributed by atoms with Crippen LogP contribution in [0.2, 0.25) is 0 Å². The van der Waals surface area contributed by atoms with Crippen molar-refractivity contribution in [2.24, 2.45) is 0 Å². The van der Waals surface area contributed by atoms with Crippen LogP contribution in [0.4, 0.5) is 0 Å². The van der Waals surface area contributed by atoms with Gasteiger partial charge in [-0.1, -0.05) is 164 Å². The largest absolute Gasteiger partial charge is 0.456 e. The summed E-state index contributed by atoms with van der Waals surface area (Å²) in [5, 5.41) is 14.8. The van der Waals surface area contributed by atoms with Crippen LogP contribution in [0, 0.1) is 0 Å². The molecule has 0 saturated heterocycles. The summed E-state index contributed by atoms with van der Waals surface area (Å²) in [6.45, 7) is 0. The third-order valence-electron chi connectivity index (χ3n) is 12.6. The maximum atomic E-state index is 6.74. The number of benzene rings is 11. The quantitative estimate of drug-likeness (QED) is 0.162. The van der Waals surface area contributed by atoms with E-state index in [1.807, 2.05) is 11.3 Å². The highest BCUT2D eigenvalue weighted by molar-refractivity contribution is 7.25. The molecule has 2 heteroatoms. The molecular weight excluding hydrogens is 745 g/mol. The van der Waals surface area contributed by atoms with Crippen LogP contribution in [0.1, 0.15) is 0 Å². The molecule has 11 aromatic carbocycles. The Hall–Kier alpha value is -7.52. The second-order valence-electron chi connectivity index (χ2n) is 15.9. The van der Waals surface area contributed by atoms with E-state index in [4.69, 9.17) is 4.42 Å². The van der Waals surface area contributed by atoms with Crippen LogP contribution >= 0.6 is 11.3 Å². The monoisotopic (exact) mass is 778 g/mol. The summed E-state index contributed by atoms with van der Waals surface area (Å²) in [4.78, 5) is 0. The summed E-state index contributed by atoms with van der Waals surface area (Å²) in [6, 6.07) is 75.6. The van der Waals surface area contributed by atoms with Gasteiger partial charge in [-0.05, 0) is 130 Å². The highest BCUT2D eigenvalue weighted by Crippen LogP contribution is 2.48. The molecule has 0 aliphatic carbocycles. The molecule has 278 valence electrons. The average molecular weight is 779 g/mol. The zero-order chi connectivity index (χ0) is 39.3.